The van der Waals surface area contributed by atoms with Gasteiger partial charge in [0.25, 0.3) is 5.89 Å². The van der Waals surface area contributed by atoms with Crippen molar-refractivity contribution in [1.29, 1.82) is 0 Å². The lowest BCUT2D eigenvalue weighted by Gasteiger charge is -2.04. The van der Waals surface area contributed by atoms with Crippen molar-refractivity contribution < 1.29 is 13.7 Å². The second kappa shape index (κ2) is 5.93. The van der Waals surface area contributed by atoms with Crippen LogP contribution in [0.1, 0.15) is 5.89 Å². The van der Waals surface area contributed by atoms with Crippen molar-refractivity contribution in [3.05, 3.63) is 65.3 Å². The fraction of sp³-hybridized carbons (Fsp3) is 0.0667. The Bertz CT molecular complexity index is 743. The summed E-state index contributed by atoms with van der Waals surface area (Å²) in [6.07, 6.45) is 0. The zero-order valence-corrected chi connectivity index (χ0v) is 11.5. The monoisotopic (exact) mass is 304 g/mol. The summed E-state index contributed by atoms with van der Waals surface area (Å²) < 4.78 is 23.4. The van der Waals surface area contributed by atoms with Crippen LogP contribution in [0.5, 0.6) is 5.75 Å². The number of hydrogen-bond donors (Lipinski definition) is 0. The van der Waals surface area contributed by atoms with Crippen molar-refractivity contribution in [2.24, 2.45) is 0 Å². The molecule has 3 rings (SSSR count). The average Bonchev–Trinajstić information content (AvgIpc) is 2.96. The molecule has 1 heterocycles. The van der Waals surface area contributed by atoms with Gasteiger partial charge in [-0.15, -0.1) is 0 Å². The van der Waals surface area contributed by atoms with Gasteiger partial charge < -0.3 is 9.26 Å². The van der Waals surface area contributed by atoms with E-state index in [1.54, 1.807) is 24.3 Å². The molecule has 0 unspecified atom stereocenters. The van der Waals surface area contributed by atoms with Gasteiger partial charge in [0.15, 0.2) is 6.61 Å². The Kier molecular flexibility index (Phi) is 3.83. The van der Waals surface area contributed by atoms with E-state index in [1.807, 2.05) is 12.1 Å². The van der Waals surface area contributed by atoms with Crippen LogP contribution in [0.25, 0.3) is 11.4 Å². The lowest BCUT2D eigenvalue weighted by atomic mass is 10.2. The lowest BCUT2D eigenvalue weighted by Crippen LogP contribution is -1.96. The highest BCUT2D eigenvalue weighted by molar-refractivity contribution is 6.32. The molecule has 0 saturated heterocycles. The van der Waals surface area contributed by atoms with E-state index < -0.39 is 0 Å². The van der Waals surface area contributed by atoms with Gasteiger partial charge in [0.1, 0.15) is 11.6 Å². The molecule has 0 aliphatic rings. The number of hydrogen-bond acceptors (Lipinski definition) is 4. The summed E-state index contributed by atoms with van der Waals surface area (Å²) in [4.78, 5) is 4.19. The van der Waals surface area contributed by atoms with E-state index in [0.717, 1.165) is 0 Å². The maximum absolute atomic E-state index is 12.9. The molecule has 0 amide bonds. The SMILES string of the molecule is Fc1ccc(-c2noc(COc3ccccc3Cl)n2)cc1. The molecule has 2 aromatic carbocycles. The molecule has 0 bridgehead atoms. The van der Waals surface area contributed by atoms with E-state index in [0.29, 0.717) is 28.1 Å². The molecule has 4 nitrogen and oxygen atoms in total. The number of benzene rings is 2. The molecule has 0 N–H and O–H groups in total. The van der Waals surface area contributed by atoms with Crippen molar-refractivity contribution in [3.63, 3.8) is 0 Å². The first-order chi connectivity index (χ1) is 10.2. The minimum atomic E-state index is -0.315. The number of aromatic nitrogens is 2. The van der Waals surface area contributed by atoms with Crippen LogP contribution in [0.2, 0.25) is 5.02 Å². The van der Waals surface area contributed by atoms with Crippen LogP contribution < -0.4 is 4.74 Å². The summed E-state index contributed by atoms with van der Waals surface area (Å²) in [5, 5.41) is 4.34. The molecule has 3 aromatic rings. The van der Waals surface area contributed by atoms with Gasteiger partial charge in [-0.2, -0.15) is 4.98 Å². The van der Waals surface area contributed by atoms with Gasteiger partial charge in [0.05, 0.1) is 5.02 Å². The van der Waals surface area contributed by atoms with Crippen molar-refractivity contribution in [2.75, 3.05) is 0 Å². The third kappa shape index (κ3) is 3.20. The van der Waals surface area contributed by atoms with Gasteiger partial charge >= 0.3 is 0 Å². The normalized spacial score (nSPS) is 10.6. The molecule has 0 fully saturated rings. The predicted molar refractivity (Wildman–Crippen MR) is 75.5 cm³/mol. The Morgan fingerprint density at radius 3 is 2.62 bits per heavy atom. The van der Waals surface area contributed by atoms with Gasteiger partial charge in [0, 0.05) is 5.56 Å². The molecule has 0 saturated carbocycles. The molecule has 21 heavy (non-hydrogen) atoms. The second-order valence-corrected chi connectivity index (χ2v) is 4.64. The first kappa shape index (κ1) is 13.6. The van der Waals surface area contributed by atoms with Crippen molar-refractivity contribution in [1.82, 2.24) is 10.1 Å². The largest absolute Gasteiger partial charge is 0.482 e. The van der Waals surface area contributed by atoms with Crippen LogP contribution in [0.15, 0.2) is 53.1 Å². The Hall–Kier alpha value is -2.40. The first-order valence-corrected chi connectivity index (χ1v) is 6.56. The average molecular weight is 305 g/mol. The van der Waals surface area contributed by atoms with E-state index in [2.05, 4.69) is 10.1 Å². The standard InChI is InChI=1S/C15H10ClFN2O2/c16-12-3-1-2-4-13(12)20-9-14-18-15(19-21-14)10-5-7-11(17)8-6-10/h1-8H,9H2. The van der Waals surface area contributed by atoms with Gasteiger partial charge in [-0.1, -0.05) is 28.9 Å². The highest BCUT2D eigenvalue weighted by Gasteiger charge is 2.10. The number of ether oxygens (including phenoxy) is 1. The highest BCUT2D eigenvalue weighted by atomic mass is 35.5. The summed E-state index contributed by atoms with van der Waals surface area (Å²) in [7, 11) is 0. The van der Waals surface area contributed by atoms with E-state index in [9.17, 15) is 4.39 Å². The summed E-state index contributed by atoms with van der Waals surface area (Å²) in [6.45, 7) is 0.109. The number of para-hydroxylation sites is 1. The molecule has 0 aliphatic heterocycles. The summed E-state index contributed by atoms with van der Waals surface area (Å²) in [5.74, 6) is 0.923. The van der Waals surface area contributed by atoms with Crippen LogP contribution >= 0.6 is 11.6 Å². The van der Waals surface area contributed by atoms with Crippen molar-refractivity contribution >= 4 is 11.6 Å². The highest BCUT2D eigenvalue weighted by Crippen LogP contribution is 2.24. The summed E-state index contributed by atoms with van der Waals surface area (Å²) >= 11 is 5.98. The first-order valence-electron chi connectivity index (χ1n) is 6.18. The predicted octanol–water partition coefficient (Wildman–Crippen LogP) is 4.11. The van der Waals surface area contributed by atoms with E-state index in [-0.39, 0.29) is 12.4 Å². The molecule has 0 atom stereocenters. The minimum absolute atomic E-state index is 0.109. The fourth-order valence-corrected chi connectivity index (χ4v) is 1.92. The smallest absolute Gasteiger partial charge is 0.264 e. The minimum Gasteiger partial charge on any atom is -0.482 e. The van der Waals surface area contributed by atoms with Crippen molar-refractivity contribution in [3.8, 4) is 17.1 Å². The van der Waals surface area contributed by atoms with Crippen LogP contribution in [0.4, 0.5) is 4.39 Å². The van der Waals surface area contributed by atoms with Crippen LogP contribution in [0, 0.1) is 5.82 Å². The third-order valence-electron chi connectivity index (χ3n) is 2.76. The van der Waals surface area contributed by atoms with E-state index >= 15 is 0 Å². The van der Waals surface area contributed by atoms with Gasteiger partial charge in [-0.05, 0) is 36.4 Å². The van der Waals surface area contributed by atoms with E-state index in [4.69, 9.17) is 20.9 Å². The van der Waals surface area contributed by atoms with Gasteiger partial charge in [0.2, 0.25) is 5.82 Å². The quantitative estimate of drug-likeness (QED) is 0.728. The maximum Gasteiger partial charge on any atom is 0.264 e. The number of halogens is 2. The molecule has 1 aromatic heterocycles. The Labute approximate surface area is 125 Å². The van der Waals surface area contributed by atoms with Crippen LogP contribution in [-0.4, -0.2) is 10.1 Å². The Morgan fingerprint density at radius 1 is 1.10 bits per heavy atom. The van der Waals surface area contributed by atoms with Gasteiger partial charge in [-0.25, -0.2) is 4.39 Å². The molecular weight excluding hydrogens is 295 g/mol. The number of rotatable bonds is 4. The zero-order chi connectivity index (χ0) is 14.7. The van der Waals surface area contributed by atoms with Crippen molar-refractivity contribution in [2.45, 2.75) is 6.61 Å². The molecule has 6 heteroatoms. The summed E-state index contributed by atoms with van der Waals surface area (Å²) in [6, 6.07) is 13.0. The van der Waals surface area contributed by atoms with Crippen LogP contribution in [-0.2, 0) is 6.61 Å². The molecule has 0 aliphatic carbocycles. The zero-order valence-electron chi connectivity index (χ0n) is 10.8. The molecular formula is C15H10ClFN2O2. The van der Waals surface area contributed by atoms with Crippen LogP contribution in [0.3, 0.4) is 0 Å². The topological polar surface area (TPSA) is 48.2 Å². The van der Waals surface area contributed by atoms with E-state index in [1.165, 1.54) is 12.1 Å². The molecule has 0 spiro atoms. The third-order valence-corrected chi connectivity index (χ3v) is 3.07. The lowest BCUT2D eigenvalue weighted by molar-refractivity contribution is 0.243. The Balaban J connectivity index is 1.71. The summed E-state index contributed by atoms with van der Waals surface area (Å²) in [5.41, 5.74) is 0.671. The second-order valence-electron chi connectivity index (χ2n) is 4.24. The fourth-order valence-electron chi connectivity index (χ4n) is 1.73. The Morgan fingerprint density at radius 2 is 1.86 bits per heavy atom. The molecule has 0 radical (unpaired) electrons. The number of nitrogens with zero attached hydrogens (tertiary/aromatic N) is 2. The molecule has 106 valence electrons. The van der Waals surface area contributed by atoms with Gasteiger partial charge in [-0.3, -0.25) is 0 Å². The maximum atomic E-state index is 12.9.